The van der Waals surface area contributed by atoms with Crippen LogP contribution in [0.4, 0.5) is 0 Å². The van der Waals surface area contributed by atoms with E-state index in [1.54, 1.807) is 17.0 Å². The van der Waals surface area contributed by atoms with E-state index < -0.39 is 0 Å². The van der Waals surface area contributed by atoms with E-state index in [0.717, 1.165) is 6.42 Å². The lowest BCUT2D eigenvalue weighted by Crippen LogP contribution is -2.39. The van der Waals surface area contributed by atoms with E-state index in [9.17, 15) is 15.0 Å². The lowest BCUT2D eigenvalue weighted by Gasteiger charge is -2.25. The molecule has 5 nitrogen and oxygen atoms in total. The second-order valence-corrected chi connectivity index (χ2v) is 4.90. The predicted molar refractivity (Wildman–Crippen MR) is 70.4 cm³/mol. The summed E-state index contributed by atoms with van der Waals surface area (Å²) >= 11 is 0. The summed E-state index contributed by atoms with van der Waals surface area (Å²) in [4.78, 5) is 14.0. The van der Waals surface area contributed by atoms with Gasteiger partial charge in [0, 0.05) is 12.6 Å². The third-order valence-electron chi connectivity index (χ3n) is 3.77. The molecule has 5 heteroatoms. The maximum Gasteiger partial charge on any atom is 0.257 e. The number of rotatable bonds is 3. The molecule has 2 rings (SSSR count). The summed E-state index contributed by atoms with van der Waals surface area (Å²) in [5.74, 6) is 0.432. The molecule has 0 saturated carbocycles. The zero-order valence-corrected chi connectivity index (χ0v) is 11.2. The Kier molecular flexibility index (Phi) is 3.95. The number of methoxy groups -OCH3 is 1. The third-order valence-corrected chi connectivity index (χ3v) is 3.77. The molecule has 19 heavy (non-hydrogen) atoms. The molecular weight excluding hydrogens is 246 g/mol. The molecule has 0 bridgehead atoms. The van der Waals surface area contributed by atoms with Crippen molar-refractivity contribution < 1.29 is 19.7 Å². The molecule has 0 aromatic heterocycles. The number of phenolic OH excluding ortho intramolecular Hbond substituents is 1. The second kappa shape index (κ2) is 5.48. The van der Waals surface area contributed by atoms with Crippen molar-refractivity contribution in [3.8, 4) is 11.5 Å². The van der Waals surface area contributed by atoms with Crippen molar-refractivity contribution >= 4 is 5.91 Å². The number of nitrogens with zero attached hydrogens (tertiary/aromatic N) is 1. The van der Waals surface area contributed by atoms with Crippen LogP contribution < -0.4 is 4.74 Å². The lowest BCUT2D eigenvalue weighted by molar-refractivity contribution is 0.0645. The summed E-state index contributed by atoms with van der Waals surface area (Å²) in [6, 6.07) is 4.43. The third kappa shape index (κ3) is 2.51. The van der Waals surface area contributed by atoms with Crippen LogP contribution in [0.15, 0.2) is 18.2 Å². The van der Waals surface area contributed by atoms with Gasteiger partial charge in [-0.05, 0) is 24.5 Å². The summed E-state index contributed by atoms with van der Waals surface area (Å²) in [6.07, 6.45) is 0.869. The fraction of sp³-hybridized carbons (Fsp3) is 0.500. The Bertz CT molecular complexity index is 475. The van der Waals surface area contributed by atoms with E-state index in [0.29, 0.717) is 12.3 Å². The van der Waals surface area contributed by atoms with Crippen molar-refractivity contribution in [3.63, 3.8) is 0 Å². The summed E-state index contributed by atoms with van der Waals surface area (Å²) in [6.45, 7) is 2.57. The van der Waals surface area contributed by atoms with E-state index >= 15 is 0 Å². The predicted octanol–water partition coefficient (Wildman–Crippen LogP) is 1.24. The van der Waals surface area contributed by atoms with Crippen LogP contribution in [0.25, 0.3) is 0 Å². The molecule has 0 spiro atoms. The number of benzene rings is 1. The first-order chi connectivity index (χ1) is 9.08. The highest BCUT2D eigenvalue weighted by molar-refractivity contribution is 5.97. The Labute approximate surface area is 112 Å². The van der Waals surface area contributed by atoms with Crippen LogP contribution in [0.2, 0.25) is 0 Å². The van der Waals surface area contributed by atoms with Crippen molar-refractivity contribution in [2.24, 2.45) is 5.92 Å². The van der Waals surface area contributed by atoms with Gasteiger partial charge in [-0.2, -0.15) is 0 Å². The monoisotopic (exact) mass is 265 g/mol. The van der Waals surface area contributed by atoms with E-state index in [-0.39, 0.29) is 35.8 Å². The van der Waals surface area contributed by atoms with Crippen LogP contribution in [0.5, 0.6) is 11.5 Å². The van der Waals surface area contributed by atoms with Crippen molar-refractivity contribution in [2.75, 3.05) is 20.3 Å². The Morgan fingerprint density at radius 1 is 1.53 bits per heavy atom. The van der Waals surface area contributed by atoms with Crippen LogP contribution >= 0.6 is 0 Å². The number of amides is 1. The average molecular weight is 265 g/mol. The number of aromatic hydroxyl groups is 1. The summed E-state index contributed by atoms with van der Waals surface area (Å²) in [5.41, 5.74) is 0.244. The molecule has 1 fully saturated rings. The minimum absolute atomic E-state index is 0.0518. The maximum absolute atomic E-state index is 12.4. The standard InChI is InChI=1S/C14H19NO4/c1-9-5-6-15(12(9)8-16)14(18)11-4-3-10(19-2)7-13(11)17/h3-4,7,9,12,16-17H,5-6,8H2,1-2H3. The number of hydrogen-bond donors (Lipinski definition) is 2. The number of aliphatic hydroxyl groups is 1. The SMILES string of the molecule is COc1ccc(C(=O)N2CCC(C)C2CO)c(O)c1. The van der Waals surface area contributed by atoms with Gasteiger partial charge >= 0.3 is 0 Å². The second-order valence-electron chi connectivity index (χ2n) is 4.90. The van der Waals surface area contributed by atoms with Gasteiger partial charge in [-0.25, -0.2) is 0 Å². The van der Waals surface area contributed by atoms with Gasteiger partial charge in [0.25, 0.3) is 5.91 Å². The summed E-state index contributed by atoms with van der Waals surface area (Å²) < 4.78 is 4.99. The van der Waals surface area contributed by atoms with Gasteiger partial charge in [-0.3, -0.25) is 4.79 Å². The summed E-state index contributed by atoms with van der Waals surface area (Å²) in [5, 5.41) is 19.3. The first kappa shape index (κ1) is 13.7. The van der Waals surface area contributed by atoms with Crippen molar-refractivity contribution in [1.29, 1.82) is 0 Å². The fourth-order valence-electron chi connectivity index (χ4n) is 2.51. The van der Waals surface area contributed by atoms with Gasteiger partial charge in [0.05, 0.1) is 25.3 Å². The normalized spacial score (nSPS) is 22.6. The van der Waals surface area contributed by atoms with E-state index in [2.05, 4.69) is 0 Å². The molecule has 1 aromatic rings. The van der Waals surface area contributed by atoms with Gasteiger partial charge in [0.1, 0.15) is 11.5 Å². The number of likely N-dealkylation sites (tertiary alicyclic amines) is 1. The number of carbonyl (C=O) groups excluding carboxylic acids is 1. The number of ether oxygens (including phenoxy) is 1. The largest absolute Gasteiger partial charge is 0.507 e. The zero-order valence-electron chi connectivity index (χ0n) is 11.2. The first-order valence-electron chi connectivity index (χ1n) is 6.37. The van der Waals surface area contributed by atoms with Gasteiger partial charge in [0.15, 0.2) is 0 Å². The van der Waals surface area contributed by atoms with Gasteiger partial charge in [-0.15, -0.1) is 0 Å². The molecule has 1 aliphatic rings. The number of carbonyl (C=O) groups is 1. The van der Waals surface area contributed by atoms with Gasteiger partial charge < -0.3 is 19.8 Å². The van der Waals surface area contributed by atoms with E-state index in [1.165, 1.54) is 13.2 Å². The molecule has 1 aromatic carbocycles. The van der Waals surface area contributed by atoms with Gasteiger partial charge in [-0.1, -0.05) is 6.92 Å². The Hall–Kier alpha value is -1.75. The Morgan fingerprint density at radius 3 is 2.84 bits per heavy atom. The molecule has 1 amide bonds. The highest BCUT2D eigenvalue weighted by atomic mass is 16.5. The first-order valence-corrected chi connectivity index (χ1v) is 6.37. The molecule has 1 aliphatic heterocycles. The number of hydrogen-bond acceptors (Lipinski definition) is 4. The smallest absolute Gasteiger partial charge is 0.257 e. The number of phenols is 1. The quantitative estimate of drug-likeness (QED) is 0.862. The minimum atomic E-state index is -0.247. The number of aliphatic hydroxyl groups excluding tert-OH is 1. The Morgan fingerprint density at radius 2 is 2.26 bits per heavy atom. The molecule has 1 saturated heterocycles. The van der Waals surface area contributed by atoms with Crippen LogP contribution in [-0.4, -0.2) is 47.3 Å². The fourth-order valence-corrected chi connectivity index (χ4v) is 2.51. The van der Waals surface area contributed by atoms with Crippen molar-refractivity contribution in [3.05, 3.63) is 23.8 Å². The molecule has 2 atom stereocenters. The molecule has 1 heterocycles. The van der Waals surface area contributed by atoms with E-state index in [1.807, 2.05) is 6.92 Å². The van der Waals surface area contributed by atoms with Crippen molar-refractivity contribution in [2.45, 2.75) is 19.4 Å². The van der Waals surface area contributed by atoms with Crippen LogP contribution in [-0.2, 0) is 0 Å². The molecule has 0 aliphatic carbocycles. The van der Waals surface area contributed by atoms with Crippen LogP contribution in [0, 0.1) is 5.92 Å². The molecule has 104 valence electrons. The molecule has 2 N–H and O–H groups in total. The van der Waals surface area contributed by atoms with Gasteiger partial charge in [0.2, 0.25) is 0 Å². The molecule has 2 unspecified atom stereocenters. The van der Waals surface area contributed by atoms with Crippen molar-refractivity contribution in [1.82, 2.24) is 4.90 Å². The highest BCUT2D eigenvalue weighted by Crippen LogP contribution is 2.29. The minimum Gasteiger partial charge on any atom is -0.507 e. The topological polar surface area (TPSA) is 70.0 Å². The average Bonchev–Trinajstić information content (AvgIpc) is 2.78. The maximum atomic E-state index is 12.4. The zero-order chi connectivity index (χ0) is 14.0. The molecule has 0 radical (unpaired) electrons. The Balaban J connectivity index is 2.24. The van der Waals surface area contributed by atoms with Crippen LogP contribution in [0.3, 0.4) is 0 Å². The van der Waals surface area contributed by atoms with E-state index in [4.69, 9.17) is 4.74 Å². The molecular formula is C14H19NO4. The summed E-state index contributed by atoms with van der Waals surface area (Å²) in [7, 11) is 1.50. The van der Waals surface area contributed by atoms with Crippen LogP contribution in [0.1, 0.15) is 23.7 Å². The lowest BCUT2D eigenvalue weighted by atomic mass is 10.0. The highest BCUT2D eigenvalue weighted by Gasteiger charge is 2.35.